The molecular weight excluding hydrogens is 426 g/mol. The second kappa shape index (κ2) is 9.49. The number of benzene rings is 2. The number of H-pyrrole nitrogens is 1. The lowest BCUT2D eigenvalue weighted by atomic mass is 10.0. The molecule has 8 heteroatoms. The number of para-hydroxylation sites is 1. The van der Waals surface area contributed by atoms with Gasteiger partial charge in [0.1, 0.15) is 5.75 Å². The summed E-state index contributed by atoms with van der Waals surface area (Å²) in [5.74, 6) is 1.78. The molecule has 0 spiro atoms. The SMILES string of the molecule is Cc1cc(C#N)cc(C)c1Oc1ccnc(NC2CCN(Cc3[nH]nc4ccccc34)CC2)n1. The number of ether oxygens (including phenoxy) is 1. The standard InChI is InChI=1S/C26H27N7O/c1-17-13-19(15-27)14-18(2)25(17)34-24-7-10-28-26(30-24)29-20-8-11-33(12-9-20)16-23-21-5-3-4-6-22(21)31-32-23/h3-7,10,13-14,20H,8-9,11-12,16H2,1-2H3,(H,31,32)(H,28,29,30). The van der Waals surface area contributed by atoms with Gasteiger partial charge >= 0.3 is 0 Å². The van der Waals surface area contributed by atoms with Crippen LogP contribution < -0.4 is 10.1 Å². The van der Waals surface area contributed by atoms with E-state index >= 15 is 0 Å². The van der Waals surface area contributed by atoms with Crippen molar-refractivity contribution in [1.29, 1.82) is 5.26 Å². The third-order valence-electron chi connectivity index (χ3n) is 6.27. The molecule has 0 aliphatic carbocycles. The Hall–Kier alpha value is -3.96. The Kier molecular flexibility index (Phi) is 6.11. The van der Waals surface area contributed by atoms with Crippen LogP contribution in [0.25, 0.3) is 10.9 Å². The molecule has 1 fully saturated rings. The molecule has 172 valence electrons. The van der Waals surface area contributed by atoms with Gasteiger partial charge in [0, 0.05) is 43.3 Å². The fourth-order valence-electron chi connectivity index (χ4n) is 4.53. The molecule has 2 aromatic heterocycles. The van der Waals surface area contributed by atoms with Crippen molar-refractivity contribution in [2.45, 2.75) is 39.3 Å². The number of nitrogens with zero attached hydrogens (tertiary/aromatic N) is 5. The van der Waals surface area contributed by atoms with Crippen LogP contribution >= 0.6 is 0 Å². The van der Waals surface area contributed by atoms with Gasteiger partial charge in [-0.1, -0.05) is 18.2 Å². The first kappa shape index (κ1) is 21.9. The van der Waals surface area contributed by atoms with Gasteiger partial charge in [-0.15, -0.1) is 0 Å². The molecule has 2 aromatic carbocycles. The van der Waals surface area contributed by atoms with E-state index in [2.05, 4.69) is 48.6 Å². The van der Waals surface area contributed by atoms with Crippen molar-refractivity contribution in [2.24, 2.45) is 0 Å². The molecule has 1 aliphatic heterocycles. The molecule has 0 atom stereocenters. The molecule has 8 nitrogen and oxygen atoms in total. The second-order valence-corrected chi connectivity index (χ2v) is 8.79. The minimum Gasteiger partial charge on any atom is -0.438 e. The Bertz CT molecular complexity index is 1330. The van der Waals surface area contributed by atoms with Gasteiger partial charge in [0.25, 0.3) is 0 Å². The summed E-state index contributed by atoms with van der Waals surface area (Å²) >= 11 is 0. The van der Waals surface area contributed by atoms with E-state index < -0.39 is 0 Å². The first-order valence-corrected chi connectivity index (χ1v) is 11.5. The Morgan fingerprint density at radius 2 is 1.91 bits per heavy atom. The number of anilines is 1. The summed E-state index contributed by atoms with van der Waals surface area (Å²) in [6.45, 7) is 6.72. The number of aryl methyl sites for hydroxylation is 2. The molecule has 0 saturated carbocycles. The highest BCUT2D eigenvalue weighted by Gasteiger charge is 2.21. The number of aromatic nitrogens is 4. The average Bonchev–Trinajstić information content (AvgIpc) is 3.25. The van der Waals surface area contributed by atoms with Gasteiger partial charge in [-0.25, -0.2) is 4.98 Å². The zero-order valence-electron chi connectivity index (χ0n) is 19.4. The smallest absolute Gasteiger partial charge is 0.226 e. The maximum absolute atomic E-state index is 9.15. The van der Waals surface area contributed by atoms with Gasteiger partial charge in [-0.2, -0.15) is 15.3 Å². The fourth-order valence-corrected chi connectivity index (χ4v) is 4.53. The summed E-state index contributed by atoms with van der Waals surface area (Å²) in [6.07, 6.45) is 3.72. The molecule has 1 aliphatic rings. The number of fused-ring (bicyclic) bond motifs is 1. The van der Waals surface area contributed by atoms with E-state index in [9.17, 15) is 0 Å². The van der Waals surface area contributed by atoms with Crippen molar-refractivity contribution in [3.63, 3.8) is 0 Å². The van der Waals surface area contributed by atoms with Crippen molar-refractivity contribution in [3.05, 3.63) is 71.0 Å². The Morgan fingerprint density at radius 3 is 2.68 bits per heavy atom. The lowest BCUT2D eigenvalue weighted by Crippen LogP contribution is -2.39. The van der Waals surface area contributed by atoms with E-state index in [1.165, 1.54) is 11.1 Å². The van der Waals surface area contributed by atoms with Gasteiger partial charge in [-0.05, 0) is 56.0 Å². The number of nitriles is 1. The number of rotatable bonds is 6. The zero-order valence-corrected chi connectivity index (χ0v) is 19.4. The molecule has 0 amide bonds. The zero-order chi connectivity index (χ0) is 23.5. The van der Waals surface area contributed by atoms with E-state index in [0.717, 1.165) is 54.9 Å². The topological polar surface area (TPSA) is 103 Å². The summed E-state index contributed by atoms with van der Waals surface area (Å²) in [4.78, 5) is 11.4. The Morgan fingerprint density at radius 1 is 1.15 bits per heavy atom. The summed E-state index contributed by atoms with van der Waals surface area (Å²) in [7, 11) is 0. The highest BCUT2D eigenvalue weighted by Crippen LogP contribution is 2.29. The van der Waals surface area contributed by atoms with Crippen LogP contribution in [0.4, 0.5) is 5.95 Å². The van der Waals surface area contributed by atoms with E-state index in [1.54, 1.807) is 12.3 Å². The summed E-state index contributed by atoms with van der Waals surface area (Å²) in [5, 5.41) is 21.4. The Balaban J connectivity index is 1.19. The third-order valence-corrected chi connectivity index (χ3v) is 6.27. The Labute approximate surface area is 198 Å². The maximum Gasteiger partial charge on any atom is 0.226 e. The maximum atomic E-state index is 9.15. The van der Waals surface area contributed by atoms with Crippen LogP contribution in [0.1, 0.15) is 35.2 Å². The van der Waals surface area contributed by atoms with Crippen molar-refractivity contribution in [2.75, 3.05) is 18.4 Å². The minimum absolute atomic E-state index is 0.309. The lowest BCUT2D eigenvalue weighted by molar-refractivity contribution is 0.209. The molecule has 3 heterocycles. The van der Waals surface area contributed by atoms with Crippen LogP contribution in [0, 0.1) is 25.2 Å². The van der Waals surface area contributed by atoms with Crippen molar-refractivity contribution in [3.8, 4) is 17.7 Å². The number of nitrogens with one attached hydrogen (secondary N) is 2. The molecule has 5 rings (SSSR count). The average molecular weight is 454 g/mol. The summed E-state index contributed by atoms with van der Waals surface area (Å²) < 4.78 is 6.06. The summed E-state index contributed by atoms with van der Waals surface area (Å²) in [5.41, 5.74) is 4.62. The highest BCUT2D eigenvalue weighted by molar-refractivity contribution is 5.81. The first-order valence-electron chi connectivity index (χ1n) is 11.5. The predicted octanol–water partition coefficient (Wildman–Crippen LogP) is 4.71. The first-order chi connectivity index (χ1) is 16.6. The van der Waals surface area contributed by atoms with Crippen molar-refractivity contribution < 1.29 is 4.74 Å². The van der Waals surface area contributed by atoms with Crippen LogP contribution in [-0.4, -0.2) is 44.2 Å². The molecule has 4 aromatic rings. The lowest BCUT2D eigenvalue weighted by Gasteiger charge is -2.32. The van der Waals surface area contributed by atoms with E-state index in [1.807, 2.05) is 38.1 Å². The van der Waals surface area contributed by atoms with Crippen LogP contribution in [0.5, 0.6) is 11.6 Å². The van der Waals surface area contributed by atoms with Crippen molar-refractivity contribution in [1.82, 2.24) is 25.1 Å². The van der Waals surface area contributed by atoms with Crippen LogP contribution in [0.3, 0.4) is 0 Å². The van der Waals surface area contributed by atoms with E-state index in [4.69, 9.17) is 10.00 Å². The fraction of sp³-hybridized carbons (Fsp3) is 0.308. The quantitative estimate of drug-likeness (QED) is 0.436. The largest absolute Gasteiger partial charge is 0.438 e. The number of likely N-dealkylation sites (tertiary alicyclic amines) is 1. The molecule has 0 radical (unpaired) electrons. The van der Waals surface area contributed by atoms with Crippen molar-refractivity contribution >= 4 is 16.9 Å². The molecule has 0 unspecified atom stereocenters. The monoisotopic (exact) mass is 453 g/mol. The second-order valence-electron chi connectivity index (χ2n) is 8.79. The molecule has 1 saturated heterocycles. The number of piperidine rings is 1. The van der Waals surface area contributed by atoms with Gasteiger partial charge < -0.3 is 10.1 Å². The molecule has 34 heavy (non-hydrogen) atoms. The van der Waals surface area contributed by atoms with Gasteiger partial charge in [0.05, 0.1) is 22.8 Å². The van der Waals surface area contributed by atoms with Gasteiger partial charge in [0.2, 0.25) is 11.8 Å². The molecular formula is C26H27N7O. The number of hydrogen-bond donors (Lipinski definition) is 2. The normalized spacial score (nSPS) is 14.7. The van der Waals surface area contributed by atoms with Crippen LogP contribution in [0.2, 0.25) is 0 Å². The number of hydrogen-bond acceptors (Lipinski definition) is 7. The third kappa shape index (κ3) is 4.70. The van der Waals surface area contributed by atoms with E-state index in [-0.39, 0.29) is 0 Å². The highest BCUT2D eigenvalue weighted by atomic mass is 16.5. The minimum atomic E-state index is 0.309. The summed E-state index contributed by atoms with van der Waals surface area (Å²) in [6, 6.07) is 16.1. The van der Waals surface area contributed by atoms with E-state index in [0.29, 0.717) is 23.4 Å². The van der Waals surface area contributed by atoms with Gasteiger partial charge in [0.15, 0.2) is 0 Å². The van der Waals surface area contributed by atoms with Gasteiger partial charge in [-0.3, -0.25) is 10.00 Å². The predicted molar refractivity (Wildman–Crippen MR) is 131 cm³/mol. The van der Waals surface area contributed by atoms with Crippen LogP contribution in [0.15, 0.2) is 48.7 Å². The molecule has 0 bridgehead atoms. The van der Waals surface area contributed by atoms with Crippen LogP contribution in [-0.2, 0) is 6.54 Å². The molecule has 2 N–H and O–H groups in total. The number of aromatic amines is 1.